The summed E-state index contributed by atoms with van der Waals surface area (Å²) < 4.78 is 5.61. The van der Waals surface area contributed by atoms with Gasteiger partial charge in [0.05, 0.1) is 12.7 Å². The smallest absolute Gasteiger partial charge is 0.407 e. The number of carbonyl (C=O) groups is 3. The highest BCUT2D eigenvalue weighted by Crippen LogP contribution is 2.44. The summed E-state index contributed by atoms with van der Waals surface area (Å²) >= 11 is 1.01. The van der Waals surface area contributed by atoms with Gasteiger partial charge in [0.2, 0.25) is 5.91 Å². The van der Waals surface area contributed by atoms with Crippen molar-refractivity contribution in [2.24, 2.45) is 5.92 Å². The second-order valence-corrected chi connectivity index (χ2v) is 9.96. The highest BCUT2D eigenvalue weighted by atomic mass is 32.1. The topological polar surface area (TPSA) is 118 Å². The van der Waals surface area contributed by atoms with Crippen molar-refractivity contribution in [2.45, 2.75) is 37.8 Å². The van der Waals surface area contributed by atoms with Gasteiger partial charge in [-0.3, -0.25) is 4.79 Å². The number of carbonyl (C=O) groups excluding carboxylic acids is 2. The lowest BCUT2D eigenvalue weighted by atomic mass is 9.98. The molecule has 8 nitrogen and oxygen atoms in total. The molecule has 1 aromatic heterocycles. The van der Waals surface area contributed by atoms with Crippen molar-refractivity contribution in [1.29, 1.82) is 0 Å². The van der Waals surface area contributed by atoms with Gasteiger partial charge in [-0.15, -0.1) is 11.3 Å². The molecule has 35 heavy (non-hydrogen) atoms. The Labute approximate surface area is 206 Å². The lowest BCUT2D eigenvalue weighted by molar-refractivity contribution is -0.123. The molecule has 0 aliphatic heterocycles. The second-order valence-electron chi connectivity index (χ2n) is 8.84. The van der Waals surface area contributed by atoms with E-state index < -0.39 is 18.1 Å². The van der Waals surface area contributed by atoms with Gasteiger partial charge in [-0.25, -0.2) is 14.6 Å². The first-order valence-corrected chi connectivity index (χ1v) is 12.4. The fourth-order valence-electron chi connectivity index (χ4n) is 4.48. The number of rotatable bonds is 9. The minimum Gasteiger partial charge on any atom is -0.477 e. The molecule has 0 unspecified atom stereocenters. The molecule has 2 amide bonds. The van der Waals surface area contributed by atoms with Crippen LogP contribution in [-0.2, 0) is 16.1 Å². The van der Waals surface area contributed by atoms with Crippen LogP contribution in [0.1, 0.15) is 51.0 Å². The lowest BCUT2D eigenvalue weighted by Crippen LogP contribution is -2.47. The number of alkyl carbamates (subject to hydrolysis) is 1. The largest absolute Gasteiger partial charge is 0.477 e. The van der Waals surface area contributed by atoms with Crippen LogP contribution in [0.25, 0.3) is 11.1 Å². The Morgan fingerprint density at radius 1 is 1.06 bits per heavy atom. The molecule has 0 radical (unpaired) electrons. The molecule has 2 aromatic carbocycles. The molecule has 1 fully saturated rings. The number of benzene rings is 2. The van der Waals surface area contributed by atoms with Crippen LogP contribution in [0.4, 0.5) is 4.79 Å². The van der Waals surface area contributed by atoms with Gasteiger partial charge < -0.3 is 20.5 Å². The highest BCUT2D eigenvalue weighted by molar-refractivity contribution is 7.13. The van der Waals surface area contributed by atoms with Crippen LogP contribution in [-0.4, -0.2) is 40.7 Å². The molecule has 2 aliphatic rings. The van der Waals surface area contributed by atoms with Crippen LogP contribution in [0.5, 0.6) is 0 Å². The zero-order valence-electron chi connectivity index (χ0n) is 18.9. The van der Waals surface area contributed by atoms with Crippen LogP contribution in [0.2, 0.25) is 0 Å². The molecule has 0 spiro atoms. The van der Waals surface area contributed by atoms with Crippen molar-refractivity contribution < 1.29 is 24.2 Å². The first-order chi connectivity index (χ1) is 17.0. The zero-order valence-corrected chi connectivity index (χ0v) is 19.7. The molecule has 1 saturated carbocycles. The molecular weight excluding hydrogens is 466 g/mol. The predicted molar refractivity (Wildman–Crippen MR) is 130 cm³/mol. The average Bonchev–Trinajstić information content (AvgIpc) is 3.44. The zero-order chi connectivity index (χ0) is 24.4. The number of fused-ring (bicyclic) bond motifs is 3. The van der Waals surface area contributed by atoms with E-state index in [2.05, 4.69) is 39.9 Å². The number of carboxylic acids is 1. The fourth-order valence-corrected chi connectivity index (χ4v) is 5.17. The fraction of sp³-hybridized carbons (Fsp3) is 0.308. The Balaban J connectivity index is 1.20. The average molecular weight is 492 g/mol. The predicted octanol–water partition coefficient (Wildman–Crippen LogP) is 4.16. The highest BCUT2D eigenvalue weighted by Gasteiger charge is 2.32. The van der Waals surface area contributed by atoms with E-state index in [1.807, 2.05) is 24.3 Å². The number of hydrogen-bond acceptors (Lipinski definition) is 6. The summed E-state index contributed by atoms with van der Waals surface area (Å²) in [5, 5.41) is 15.0. The number of carboxylic acid groups (broad SMARTS) is 1. The number of ether oxygens (including phenoxy) is 1. The number of hydrogen-bond donors (Lipinski definition) is 3. The molecule has 0 saturated heterocycles. The van der Waals surface area contributed by atoms with E-state index in [1.54, 1.807) is 0 Å². The SMILES string of the molecule is O=C(N[C@@H](CC1CC1)C(=O)NCc1ncc(C(=O)O)s1)OCC1c2ccccc2-c2ccccc21. The number of aromatic carboxylic acids is 1. The number of thiazole rings is 1. The van der Waals surface area contributed by atoms with E-state index in [9.17, 15) is 14.4 Å². The standard InChI is InChI=1S/C26H25N3O5S/c30-24(28-13-23-27-12-22(35-23)25(31)32)21(11-15-9-10-15)29-26(33)34-14-20-18-7-3-1-5-16(18)17-6-2-4-8-19(17)20/h1-8,12,15,20-21H,9-11,13-14H2,(H,28,30)(H,29,33)(H,31,32)/t21-/m0/s1. The van der Waals surface area contributed by atoms with E-state index in [-0.39, 0.29) is 29.9 Å². The second kappa shape index (κ2) is 9.87. The molecular formula is C26H25N3O5S. The summed E-state index contributed by atoms with van der Waals surface area (Å²) in [6.45, 7) is 0.277. The quantitative estimate of drug-likeness (QED) is 0.414. The normalized spacial score (nSPS) is 15.1. The lowest BCUT2D eigenvalue weighted by Gasteiger charge is -2.19. The monoisotopic (exact) mass is 491 g/mol. The Morgan fingerprint density at radius 3 is 2.31 bits per heavy atom. The first-order valence-electron chi connectivity index (χ1n) is 11.6. The molecule has 2 aliphatic carbocycles. The third-order valence-corrected chi connectivity index (χ3v) is 7.38. The van der Waals surface area contributed by atoms with Crippen molar-refractivity contribution in [2.75, 3.05) is 6.61 Å². The third-order valence-electron chi connectivity index (χ3n) is 6.40. The molecule has 180 valence electrons. The van der Waals surface area contributed by atoms with E-state index in [4.69, 9.17) is 9.84 Å². The summed E-state index contributed by atoms with van der Waals surface area (Å²) in [5.41, 5.74) is 4.54. The Bertz CT molecular complexity index is 1220. The van der Waals surface area contributed by atoms with E-state index in [0.717, 1.165) is 46.4 Å². The first kappa shape index (κ1) is 23.0. The number of nitrogens with one attached hydrogen (secondary N) is 2. The summed E-state index contributed by atoms with van der Waals surface area (Å²) in [6, 6.07) is 15.5. The van der Waals surface area contributed by atoms with Gasteiger partial charge in [0.15, 0.2) is 0 Å². The van der Waals surface area contributed by atoms with Crippen LogP contribution in [0, 0.1) is 5.92 Å². The van der Waals surface area contributed by atoms with E-state index >= 15 is 0 Å². The summed E-state index contributed by atoms with van der Waals surface area (Å²) in [6.07, 6.45) is 3.24. The maximum Gasteiger partial charge on any atom is 0.407 e. The Hall–Kier alpha value is -3.72. The maximum absolute atomic E-state index is 12.8. The number of amides is 2. The van der Waals surface area contributed by atoms with Gasteiger partial charge in [0.1, 0.15) is 22.5 Å². The van der Waals surface area contributed by atoms with Crippen LogP contribution in [0.3, 0.4) is 0 Å². The molecule has 9 heteroatoms. The van der Waals surface area contributed by atoms with Gasteiger partial charge >= 0.3 is 12.1 Å². The van der Waals surface area contributed by atoms with Gasteiger partial charge in [0, 0.05) is 5.92 Å². The van der Waals surface area contributed by atoms with E-state index in [1.165, 1.54) is 6.20 Å². The molecule has 0 bridgehead atoms. The van der Waals surface area contributed by atoms with Crippen LogP contribution in [0.15, 0.2) is 54.7 Å². The molecule has 3 aromatic rings. The van der Waals surface area contributed by atoms with Gasteiger partial charge in [-0.1, -0.05) is 61.4 Å². The minimum absolute atomic E-state index is 0.0582. The van der Waals surface area contributed by atoms with Gasteiger partial charge in [-0.2, -0.15) is 0 Å². The Kier molecular flexibility index (Phi) is 6.50. The van der Waals surface area contributed by atoms with Crippen LogP contribution >= 0.6 is 11.3 Å². The van der Waals surface area contributed by atoms with Gasteiger partial charge in [-0.05, 0) is 34.6 Å². The van der Waals surface area contributed by atoms with Crippen LogP contribution < -0.4 is 10.6 Å². The number of nitrogens with zero attached hydrogens (tertiary/aromatic N) is 1. The molecule has 3 N–H and O–H groups in total. The van der Waals surface area contributed by atoms with Crippen molar-refractivity contribution in [3.05, 3.63) is 75.7 Å². The Morgan fingerprint density at radius 2 is 1.71 bits per heavy atom. The summed E-state index contributed by atoms with van der Waals surface area (Å²) in [5.74, 6) is -1.05. The van der Waals surface area contributed by atoms with Crippen molar-refractivity contribution in [3.63, 3.8) is 0 Å². The number of aromatic nitrogens is 1. The van der Waals surface area contributed by atoms with Crippen molar-refractivity contribution in [3.8, 4) is 11.1 Å². The molecule has 1 heterocycles. The minimum atomic E-state index is -1.05. The van der Waals surface area contributed by atoms with Crippen molar-refractivity contribution >= 4 is 29.3 Å². The van der Waals surface area contributed by atoms with E-state index in [0.29, 0.717) is 17.3 Å². The third kappa shape index (κ3) is 5.19. The van der Waals surface area contributed by atoms with Crippen molar-refractivity contribution in [1.82, 2.24) is 15.6 Å². The summed E-state index contributed by atoms with van der Waals surface area (Å²) in [7, 11) is 0. The molecule has 1 atom stereocenters. The maximum atomic E-state index is 12.8. The summed E-state index contributed by atoms with van der Waals surface area (Å²) in [4.78, 5) is 40.7. The molecule has 5 rings (SSSR count). The van der Waals surface area contributed by atoms with Gasteiger partial charge in [0.25, 0.3) is 0 Å².